The Kier molecular flexibility index (Phi) is 3.94. The lowest BCUT2D eigenvalue weighted by Gasteiger charge is -2.07. The zero-order valence-corrected chi connectivity index (χ0v) is 13.0. The van der Waals surface area contributed by atoms with Crippen LogP contribution in [0.2, 0.25) is 5.02 Å². The number of hydrogen-bond acceptors (Lipinski definition) is 4. The summed E-state index contributed by atoms with van der Waals surface area (Å²) >= 11 is 6.08. The molecule has 3 aromatic rings. The number of rotatable bonds is 3. The summed E-state index contributed by atoms with van der Waals surface area (Å²) in [4.78, 5) is 30.5. The second kappa shape index (κ2) is 5.96. The molecule has 2 heterocycles. The molecule has 6 nitrogen and oxygen atoms in total. The minimum Gasteiger partial charge on any atom is -0.366 e. The number of benzene rings is 1. The highest BCUT2D eigenvalue weighted by Gasteiger charge is 2.27. The van der Waals surface area contributed by atoms with Gasteiger partial charge in [0.05, 0.1) is 27.3 Å². The van der Waals surface area contributed by atoms with Crippen molar-refractivity contribution in [3.05, 3.63) is 63.4 Å². The largest absolute Gasteiger partial charge is 0.366 e. The standard InChI is InChI=1S/C16H7ClF2N4O2/c17-12-6(3-20)4-22-16-10(12)8(5-23-16)14(24)11-9(18)2-1-7(13(11)19)15(21)25/h1-2,4-5H,(H2,21,25)(H,22,23). The summed E-state index contributed by atoms with van der Waals surface area (Å²) in [5, 5.41) is 8.98. The molecule has 3 rings (SSSR count). The van der Waals surface area contributed by atoms with Gasteiger partial charge in [-0.25, -0.2) is 13.8 Å². The van der Waals surface area contributed by atoms with Gasteiger partial charge in [-0.2, -0.15) is 5.26 Å². The van der Waals surface area contributed by atoms with E-state index in [1.807, 2.05) is 0 Å². The predicted molar refractivity (Wildman–Crippen MR) is 84.1 cm³/mol. The zero-order chi connectivity index (χ0) is 18.3. The number of H-pyrrole nitrogens is 1. The smallest absolute Gasteiger partial charge is 0.251 e. The number of ketones is 1. The van der Waals surface area contributed by atoms with E-state index in [0.29, 0.717) is 0 Å². The molecular weight excluding hydrogens is 354 g/mol. The van der Waals surface area contributed by atoms with Crippen molar-refractivity contribution in [1.82, 2.24) is 9.97 Å². The van der Waals surface area contributed by atoms with Gasteiger partial charge in [0.2, 0.25) is 5.78 Å². The lowest BCUT2D eigenvalue weighted by molar-refractivity contribution is 0.0996. The molecule has 0 spiro atoms. The van der Waals surface area contributed by atoms with Crippen molar-refractivity contribution in [2.24, 2.45) is 5.73 Å². The number of nitrogens with one attached hydrogen (secondary N) is 1. The number of nitrogens with two attached hydrogens (primary N) is 1. The van der Waals surface area contributed by atoms with Gasteiger partial charge in [-0.15, -0.1) is 0 Å². The van der Waals surface area contributed by atoms with E-state index < -0.39 is 34.5 Å². The summed E-state index contributed by atoms with van der Waals surface area (Å²) in [5.41, 5.74) is 3.42. The molecule has 0 aliphatic carbocycles. The number of aromatic nitrogens is 2. The van der Waals surface area contributed by atoms with Crippen LogP contribution in [0.25, 0.3) is 11.0 Å². The fraction of sp³-hybridized carbons (Fsp3) is 0. The quantitative estimate of drug-likeness (QED) is 0.699. The van der Waals surface area contributed by atoms with E-state index in [0.717, 1.165) is 12.1 Å². The second-order valence-corrected chi connectivity index (χ2v) is 5.38. The average molecular weight is 361 g/mol. The highest BCUT2D eigenvalue weighted by atomic mass is 35.5. The van der Waals surface area contributed by atoms with Gasteiger partial charge in [0.1, 0.15) is 23.4 Å². The summed E-state index contributed by atoms with van der Waals surface area (Å²) in [5.74, 6) is -4.74. The number of pyridine rings is 1. The number of aromatic amines is 1. The molecule has 0 aliphatic rings. The summed E-state index contributed by atoms with van der Waals surface area (Å²) in [6, 6.07) is 3.42. The van der Waals surface area contributed by atoms with Crippen LogP contribution in [0.3, 0.4) is 0 Å². The normalized spacial score (nSPS) is 10.6. The maximum atomic E-state index is 14.4. The first-order valence-electron chi connectivity index (χ1n) is 6.75. The van der Waals surface area contributed by atoms with E-state index in [2.05, 4.69) is 9.97 Å². The van der Waals surface area contributed by atoms with Crippen molar-refractivity contribution in [1.29, 1.82) is 5.26 Å². The van der Waals surface area contributed by atoms with Crippen LogP contribution >= 0.6 is 11.6 Å². The number of hydrogen-bond donors (Lipinski definition) is 2. The Labute approximate surface area is 143 Å². The van der Waals surface area contributed by atoms with Gasteiger partial charge in [0.25, 0.3) is 5.91 Å². The third kappa shape index (κ3) is 2.51. The number of nitriles is 1. The van der Waals surface area contributed by atoms with Gasteiger partial charge in [0, 0.05) is 17.8 Å². The van der Waals surface area contributed by atoms with E-state index in [1.165, 1.54) is 12.4 Å². The van der Waals surface area contributed by atoms with Crippen molar-refractivity contribution in [2.75, 3.05) is 0 Å². The molecule has 25 heavy (non-hydrogen) atoms. The monoisotopic (exact) mass is 360 g/mol. The molecule has 0 saturated heterocycles. The second-order valence-electron chi connectivity index (χ2n) is 5.00. The number of halogens is 3. The van der Waals surface area contributed by atoms with Crippen molar-refractivity contribution < 1.29 is 18.4 Å². The van der Waals surface area contributed by atoms with Gasteiger partial charge in [-0.05, 0) is 12.1 Å². The van der Waals surface area contributed by atoms with E-state index in [9.17, 15) is 18.4 Å². The maximum Gasteiger partial charge on any atom is 0.251 e. The lowest BCUT2D eigenvalue weighted by Crippen LogP contribution is -2.17. The molecule has 1 amide bonds. The Morgan fingerprint density at radius 2 is 2.00 bits per heavy atom. The Morgan fingerprint density at radius 3 is 2.64 bits per heavy atom. The number of amides is 1. The highest BCUT2D eigenvalue weighted by molar-refractivity contribution is 6.38. The summed E-state index contributed by atoms with van der Waals surface area (Å²) < 4.78 is 28.5. The number of carbonyl (C=O) groups excluding carboxylic acids is 2. The first-order valence-corrected chi connectivity index (χ1v) is 7.12. The number of primary amides is 1. The molecule has 0 radical (unpaired) electrons. The fourth-order valence-corrected chi connectivity index (χ4v) is 2.68. The van der Waals surface area contributed by atoms with Crippen LogP contribution in [-0.4, -0.2) is 21.7 Å². The van der Waals surface area contributed by atoms with Crippen molar-refractivity contribution >= 4 is 34.3 Å². The van der Waals surface area contributed by atoms with Crippen LogP contribution in [0.4, 0.5) is 8.78 Å². The SMILES string of the molecule is N#Cc1cnc2[nH]cc(C(=O)c3c(F)ccc(C(N)=O)c3F)c2c1Cl. The Balaban J connectivity index is 2.28. The van der Waals surface area contributed by atoms with Gasteiger partial charge in [-0.3, -0.25) is 9.59 Å². The third-order valence-corrected chi connectivity index (χ3v) is 3.98. The Hall–Kier alpha value is -3.31. The average Bonchev–Trinajstić information content (AvgIpc) is 2.99. The molecule has 0 unspecified atom stereocenters. The predicted octanol–water partition coefficient (Wildman–Crippen LogP) is 2.70. The Morgan fingerprint density at radius 1 is 1.28 bits per heavy atom. The fourth-order valence-electron chi connectivity index (χ4n) is 2.40. The summed E-state index contributed by atoms with van der Waals surface area (Å²) in [7, 11) is 0. The van der Waals surface area contributed by atoms with Crippen LogP contribution in [0.15, 0.2) is 24.5 Å². The zero-order valence-electron chi connectivity index (χ0n) is 12.2. The van der Waals surface area contributed by atoms with Gasteiger partial charge < -0.3 is 10.7 Å². The lowest BCUT2D eigenvalue weighted by atomic mass is 9.99. The first-order chi connectivity index (χ1) is 11.9. The van der Waals surface area contributed by atoms with Crippen LogP contribution in [-0.2, 0) is 0 Å². The summed E-state index contributed by atoms with van der Waals surface area (Å²) in [6.45, 7) is 0. The van der Waals surface area contributed by atoms with Crippen LogP contribution in [0.1, 0.15) is 31.8 Å². The molecule has 0 fully saturated rings. The highest BCUT2D eigenvalue weighted by Crippen LogP contribution is 2.31. The minimum atomic E-state index is -1.37. The molecule has 0 aliphatic heterocycles. The molecular formula is C16H7ClF2N4O2. The Bertz CT molecular complexity index is 1100. The third-order valence-electron chi connectivity index (χ3n) is 3.59. The van der Waals surface area contributed by atoms with Crippen LogP contribution < -0.4 is 5.73 Å². The van der Waals surface area contributed by atoms with E-state index >= 15 is 0 Å². The van der Waals surface area contributed by atoms with Gasteiger partial charge >= 0.3 is 0 Å². The van der Waals surface area contributed by atoms with Gasteiger partial charge in [-0.1, -0.05) is 11.6 Å². The van der Waals surface area contributed by atoms with Crippen LogP contribution in [0.5, 0.6) is 0 Å². The van der Waals surface area contributed by atoms with Crippen molar-refractivity contribution in [3.63, 3.8) is 0 Å². The molecule has 3 N–H and O–H groups in total. The molecule has 9 heteroatoms. The molecule has 1 aromatic carbocycles. The minimum absolute atomic E-state index is 0.00496. The number of fused-ring (bicyclic) bond motifs is 1. The van der Waals surface area contributed by atoms with E-state index in [4.69, 9.17) is 22.6 Å². The molecule has 2 aromatic heterocycles. The molecule has 0 atom stereocenters. The van der Waals surface area contributed by atoms with E-state index in [-0.39, 0.29) is 27.2 Å². The summed E-state index contributed by atoms with van der Waals surface area (Å²) in [6.07, 6.45) is 2.37. The van der Waals surface area contributed by atoms with Crippen molar-refractivity contribution in [3.8, 4) is 6.07 Å². The number of carbonyl (C=O) groups is 2. The molecule has 0 saturated carbocycles. The number of nitrogens with zero attached hydrogens (tertiary/aromatic N) is 2. The molecule has 0 bridgehead atoms. The van der Waals surface area contributed by atoms with Gasteiger partial charge in [0.15, 0.2) is 0 Å². The van der Waals surface area contributed by atoms with Crippen molar-refractivity contribution in [2.45, 2.75) is 0 Å². The van der Waals surface area contributed by atoms with E-state index in [1.54, 1.807) is 6.07 Å². The first kappa shape index (κ1) is 16.5. The van der Waals surface area contributed by atoms with Crippen LogP contribution in [0, 0.1) is 23.0 Å². The maximum absolute atomic E-state index is 14.4. The topological polar surface area (TPSA) is 113 Å². The molecule has 124 valence electrons.